The van der Waals surface area contributed by atoms with Crippen molar-refractivity contribution in [3.63, 3.8) is 0 Å². The molecule has 0 radical (unpaired) electrons. The first-order valence-electron chi connectivity index (χ1n) is 5.94. The highest BCUT2D eigenvalue weighted by molar-refractivity contribution is 7.12. The number of thiazole rings is 1. The van der Waals surface area contributed by atoms with Crippen molar-refractivity contribution in [2.75, 3.05) is 0 Å². The highest BCUT2D eigenvalue weighted by atomic mass is 32.1. The summed E-state index contributed by atoms with van der Waals surface area (Å²) in [4.78, 5) is 5.92. The number of nitrogens with two attached hydrogens (primary N) is 1. The summed E-state index contributed by atoms with van der Waals surface area (Å²) in [7, 11) is 0. The summed E-state index contributed by atoms with van der Waals surface area (Å²) >= 11 is 1.75. The number of nitrogens with zero attached hydrogens (tertiary/aromatic N) is 1. The van der Waals surface area contributed by atoms with E-state index in [4.69, 9.17) is 10.7 Å². The van der Waals surface area contributed by atoms with Crippen LogP contribution in [0, 0.1) is 5.92 Å². The molecule has 0 aliphatic carbocycles. The minimum Gasteiger partial charge on any atom is -0.326 e. The maximum Gasteiger partial charge on any atom is 0.0938 e. The van der Waals surface area contributed by atoms with Gasteiger partial charge in [-0.25, -0.2) is 4.98 Å². The van der Waals surface area contributed by atoms with Gasteiger partial charge in [-0.05, 0) is 5.92 Å². The molecule has 0 unspecified atom stereocenters. The van der Waals surface area contributed by atoms with E-state index in [9.17, 15) is 0 Å². The maximum absolute atomic E-state index is 5.80. The molecule has 1 heterocycles. The Morgan fingerprint density at radius 2 is 1.94 bits per heavy atom. The van der Waals surface area contributed by atoms with Crippen molar-refractivity contribution in [3.05, 3.63) is 40.2 Å². The van der Waals surface area contributed by atoms with Crippen molar-refractivity contribution >= 4 is 11.3 Å². The molecule has 0 spiro atoms. The Morgan fingerprint density at radius 3 is 2.53 bits per heavy atom. The minimum atomic E-state index is 0.569. The molecule has 0 amide bonds. The van der Waals surface area contributed by atoms with Crippen molar-refractivity contribution in [2.45, 2.75) is 26.8 Å². The lowest BCUT2D eigenvalue weighted by molar-refractivity contribution is 0.645. The Bertz CT molecular complexity index is 474. The van der Waals surface area contributed by atoms with Crippen LogP contribution in [0.15, 0.2) is 30.3 Å². The van der Waals surface area contributed by atoms with Crippen LogP contribution in [0.3, 0.4) is 0 Å². The van der Waals surface area contributed by atoms with Gasteiger partial charge < -0.3 is 5.73 Å². The van der Waals surface area contributed by atoms with Gasteiger partial charge in [0.15, 0.2) is 0 Å². The average molecular weight is 246 g/mol. The summed E-state index contributed by atoms with van der Waals surface area (Å²) in [6, 6.07) is 10.3. The highest BCUT2D eigenvalue weighted by Crippen LogP contribution is 2.28. The molecule has 0 aliphatic rings. The molecule has 0 atom stereocenters. The second-order valence-electron chi connectivity index (χ2n) is 4.55. The Morgan fingerprint density at radius 1 is 1.24 bits per heavy atom. The van der Waals surface area contributed by atoms with Crippen LogP contribution < -0.4 is 5.73 Å². The van der Waals surface area contributed by atoms with E-state index in [1.54, 1.807) is 11.3 Å². The van der Waals surface area contributed by atoms with Gasteiger partial charge in [-0.1, -0.05) is 44.2 Å². The predicted molar refractivity (Wildman–Crippen MR) is 74.0 cm³/mol. The molecular weight excluding hydrogens is 228 g/mol. The lowest BCUT2D eigenvalue weighted by Gasteiger charge is -1.99. The molecule has 90 valence electrons. The number of aromatic nitrogens is 1. The Labute approximate surface area is 107 Å². The SMILES string of the molecule is CC(C)Cc1nc(-c2ccccc2)c(CN)s1. The van der Waals surface area contributed by atoms with Crippen LogP contribution in [0.25, 0.3) is 11.3 Å². The summed E-state index contributed by atoms with van der Waals surface area (Å²) in [6.45, 7) is 5.00. The van der Waals surface area contributed by atoms with Gasteiger partial charge in [0.25, 0.3) is 0 Å². The Hall–Kier alpha value is -1.19. The van der Waals surface area contributed by atoms with E-state index in [1.807, 2.05) is 18.2 Å². The number of benzene rings is 1. The van der Waals surface area contributed by atoms with Crippen LogP contribution in [0.1, 0.15) is 23.7 Å². The van der Waals surface area contributed by atoms with Crippen molar-refractivity contribution in [2.24, 2.45) is 11.7 Å². The third-order valence-corrected chi connectivity index (χ3v) is 3.66. The zero-order valence-corrected chi connectivity index (χ0v) is 11.1. The topological polar surface area (TPSA) is 38.9 Å². The second-order valence-corrected chi connectivity index (χ2v) is 5.72. The van der Waals surface area contributed by atoms with Crippen molar-refractivity contribution < 1.29 is 0 Å². The van der Waals surface area contributed by atoms with E-state index in [-0.39, 0.29) is 0 Å². The van der Waals surface area contributed by atoms with E-state index in [0.717, 1.165) is 12.1 Å². The van der Waals surface area contributed by atoms with Gasteiger partial charge in [0.2, 0.25) is 0 Å². The van der Waals surface area contributed by atoms with Gasteiger partial charge in [-0.15, -0.1) is 11.3 Å². The maximum atomic E-state index is 5.80. The number of hydrogen-bond acceptors (Lipinski definition) is 3. The van der Waals surface area contributed by atoms with E-state index in [2.05, 4.69) is 26.0 Å². The zero-order valence-electron chi connectivity index (χ0n) is 10.3. The molecule has 0 saturated heterocycles. The van der Waals surface area contributed by atoms with E-state index in [0.29, 0.717) is 12.5 Å². The van der Waals surface area contributed by atoms with Crippen LogP contribution in [-0.4, -0.2) is 4.98 Å². The van der Waals surface area contributed by atoms with Crippen LogP contribution in [0.2, 0.25) is 0 Å². The molecule has 2 aromatic rings. The molecule has 17 heavy (non-hydrogen) atoms. The first-order valence-corrected chi connectivity index (χ1v) is 6.76. The van der Waals surface area contributed by atoms with Gasteiger partial charge >= 0.3 is 0 Å². The zero-order chi connectivity index (χ0) is 12.3. The van der Waals surface area contributed by atoms with Gasteiger partial charge in [0.05, 0.1) is 10.7 Å². The summed E-state index contributed by atoms with van der Waals surface area (Å²) < 4.78 is 0. The lowest BCUT2D eigenvalue weighted by atomic mass is 10.1. The molecule has 3 heteroatoms. The van der Waals surface area contributed by atoms with Crippen molar-refractivity contribution in [3.8, 4) is 11.3 Å². The molecule has 2 N–H and O–H groups in total. The first kappa shape index (κ1) is 12.3. The normalized spacial score (nSPS) is 11.1. The quantitative estimate of drug-likeness (QED) is 0.897. The van der Waals surface area contributed by atoms with Crippen molar-refractivity contribution in [1.29, 1.82) is 0 Å². The molecule has 1 aromatic carbocycles. The fourth-order valence-electron chi connectivity index (χ4n) is 1.80. The molecule has 0 saturated carbocycles. The summed E-state index contributed by atoms with van der Waals surface area (Å²) in [6.07, 6.45) is 1.03. The lowest BCUT2D eigenvalue weighted by Crippen LogP contribution is -1.95. The largest absolute Gasteiger partial charge is 0.326 e. The van der Waals surface area contributed by atoms with Gasteiger partial charge in [0, 0.05) is 23.4 Å². The van der Waals surface area contributed by atoms with Crippen LogP contribution in [-0.2, 0) is 13.0 Å². The summed E-state index contributed by atoms with van der Waals surface area (Å²) in [5, 5.41) is 1.19. The van der Waals surface area contributed by atoms with Crippen molar-refractivity contribution in [1.82, 2.24) is 4.98 Å². The van der Waals surface area contributed by atoms with Gasteiger partial charge in [-0.3, -0.25) is 0 Å². The smallest absolute Gasteiger partial charge is 0.0938 e. The number of rotatable bonds is 4. The van der Waals surface area contributed by atoms with E-state index in [1.165, 1.54) is 15.4 Å². The molecule has 0 aliphatic heterocycles. The summed E-state index contributed by atoms with van der Waals surface area (Å²) in [5.41, 5.74) is 8.03. The van der Waals surface area contributed by atoms with Gasteiger partial charge in [-0.2, -0.15) is 0 Å². The molecule has 0 bridgehead atoms. The van der Waals surface area contributed by atoms with Crippen LogP contribution in [0.4, 0.5) is 0 Å². The Kier molecular flexibility index (Phi) is 3.92. The van der Waals surface area contributed by atoms with E-state index < -0.39 is 0 Å². The number of hydrogen-bond donors (Lipinski definition) is 1. The highest BCUT2D eigenvalue weighted by Gasteiger charge is 2.12. The second kappa shape index (κ2) is 5.43. The molecule has 2 nitrogen and oxygen atoms in total. The molecule has 1 aromatic heterocycles. The molecule has 2 rings (SSSR count). The molecular formula is C14H18N2S. The molecule has 0 fully saturated rings. The fourth-order valence-corrected chi connectivity index (χ4v) is 2.98. The summed E-state index contributed by atoms with van der Waals surface area (Å²) in [5.74, 6) is 0.635. The minimum absolute atomic E-state index is 0.569. The first-order chi connectivity index (χ1) is 8.20. The third-order valence-electron chi connectivity index (χ3n) is 2.56. The van der Waals surface area contributed by atoms with E-state index >= 15 is 0 Å². The van der Waals surface area contributed by atoms with Gasteiger partial charge in [0.1, 0.15) is 0 Å². The van der Waals surface area contributed by atoms with Crippen LogP contribution >= 0.6 is 11.3 Å². The monoisotopic (exact) mass is 246 g/mol. The fraction of sp³-hybridized carbons (Fsp3) is 0.357. The van der Waals surface area contributed by atoms with Crippen LogP contribution in [0.5, 0.6) is 0 Å². The third kappa shape index (κ3) is 2.93. The Balaban J connectivity index is 2.36. The predicted octanol–water partition coefficient (Wildman–Crippen LogP) is 3.47. The average Bonchev–Trinajstić information content (AvgIpc) is 2.72. The standard InChI is InChI=1S/C14H18N2S/c1-10(2)8-13-16-14(12(9-15)17-13)11-6-4-3-5-7-11/h3-7,10H,8-9,15H2,1-2H3.